The van der Waals surface area contributed by atoms with Gasteiger partial charge in [0.15, 0.2) is 0 Å². The predicted molar refractivity (Wildman–Crippen MR) is 69.2 cm³/mol. The van der Waals surface area contributed by atoms with E-state index in [0.29, 0.717) is 6.10 Å². The highest BCUT2D eigenvalue weighted by Crippen LogP contribution is 2.33. The standard InChI is InChI=1S/C14H26N2O/c1-2-4-13(3-1)17-10-9-16-8-7-15-14(11-16)12-5-6-12/h12-15H,1-11H2. The van der Waals surface area contributed by atoms with Gasteiger partial charge in [-0.1, -0.05) is 12.8 Å². The third kappa shape index (κ3) is 3.43. The molecule has 1 atom stereocenters. The zero-order valence-electron chi connectivity index (χ0n) is 10.9. The van der Waals surface area contributed by atoms with Crippen LogP contribution in [0.5, 0.6) is 0 Å². The lowest BCUT2D eigenvalue weighted by atomic mass is 10.1. The zero-order chi connectivity index (χ0) is 11.5. The maximum Gasteiger partial charge on any atom is 0.0597 e. The second-order valence-corrected chi connectivity index (χ2v) is 5.98. The number of nitrogens with one attached hydrogen (secondary N) is 1. The van der Waals surface area contributed by atoms with Crippen LogP contribution < -0.4 is 5.32 Å². The smallest absolute Gasteiger partial charge is 0.0597 e. The van der Waals surface area contributed by atoms with Gasteiger partial charge in [0.1, 0.15) is 0 Å². The molecule has 1 saturated heterocycles. The minimum atomic E-state index is 0.581. The lowest BCUT2D eigenvalue weighted by Gasteiger charge is -2.34. The van der Waals surface area contributed by atoms with Crippen molar-refractivity contribution in [1.82, 2.24) is 10.2 Å². The Morgan fingerprint density at radius 3 is 2.71 bits per heavy atom. The Morgan fingerprint density at radius 2 is 1.94 bits per heavy atom. The molecule has 0 bridgehead atoms. The average molecular weight is 238 g/mol. The molecule has 98 valence electrons. The minimum absolute atomic E-state index is 0.581. The third-order valence-electron chi connectivity index (χ3n) is 4.54. The molecule has 3 nitrogen and oxygen atoms in total. The molecule has 3 aliphatic rings. The fourth-order valence-corrected chi connectivity index (χ4v) is 3.26. The first kappa shape index (κ1) is 11.9. The molecule has 1 aliphatic heterocycles. The van der Waals surface area contributed by atoms with Crippen molar-refractivity contribution < 1.29 is 4.74 Å². The Balaban J connectivity index is 1.33. The molecule has 1 heterocycles. The van der Waals surface area contributed by atoms with Crippen molar-refractivity contribution in [2.75, 3.05) is 32.8 Å². The monoisotopic (exact) mass is 238 g/mol. The van der Waals surface area contributed by atoms with Gasteiger partial charge >= 0.3 is 0 Å². The van der Waals surface area contributed by atoms with Gasteiger partial charge in [0.05, 0.1) is 12.7 Å². The molecule has 0 radical (unpaired) electrons. The predicted octanol–water partition coefficient (Wildman–Crippen LogP) is 1.63. The fraction of sp³-hybridized carbons (Fsp3) is 1.00. The van der Waals surface area contributed by atoms with Gasteiger partial charge in [0, 0.05) is 32.2 Å². The number of piperazine rings is 1. The molecule has 0 aromatic carbocycles. The van der Waals surface area contributed by atoms with Crippen LogP contribution in [-0.4, -0.2) is 49.8 Å². The Labute approximate surface area is 105 Å². The summed E-state index contributed by atoms with van der Waals surface area (Å²) in [6.45, 7) is 5.71. The SMILES string of the molecule is C1CCC(OCCN2CCNC(C3CC3)C2)C1. The van der Waals surface area contributed by atoms with E-state index in [2.05, 4.69) is 10.2 Å². The van der Waals surface area contributed by atoms with E-state index in [9.17, 15) is 0 Å². The molecule has 0 aromatic rings. The lowest BCUT2D eigenvalue weighted by Crippen LogP contribution is -2.52. The first-order valence-electron chi connectivity index (χ1n) is 7.49. The number of rotatable bonds is 5. The van der Waals surface area contributed by atoms with E-state index in [-0.39, 0.29) is 0 Å². The summed E-state index contributed by atoms with van der Waals surface area (Å²) in [4.78, 5) is 2.59. The third-order valence-corrected chi connectivity index (χ3v) is 4.54. The quantitative estimate of drug-likeness (QED) is 0.788. The van der Waals surface area contributed by atoms with E-state index in [1.54, 1.807) is 0 Å². The second kappa shape index (κ2) is 5.68. The van der Waals surface area contributed by atoms with E-state index in [4.69, 9.17) is 4.74 Å². The van der Waals surface area contributed by atoms with Crippen LogP contribution in [0.3, 0.4) is 0 Å². The average Bonchev–Trinajstić information content (AvgIpc) is 3.09. The molecule has 3 rings (SSSR count). The number of ether oxygens (including phenoxy) is 1. The molecule has 0 aromatic heterocycles. The van der Waals surface area contributed by atoms with Crippen LogP contribution in [0.15, 0.2) is 0 Å². The van der Waals surface area contributed by atoms with Gasteiger partial charge in [-0.05, 0) is 31.6 Å². The summed E-state index contributed by atoms with van der Waals surface area (Å²) in [5.41, 5.74) is 0. The van der Waals surface area contributed by atoms with Crippen molar-refractivity contribution >= 4 is 0 Å². The second-order valence-electron chi connectivity index (χ2n) is 5.98. The van der Waals surface area contributed by atoms with Gasteiger partial charge in [-0.15, -0.1) is 0 Å². The topological polar surface area (TPSA) is 24.5 Å². The highest BCUT2D eigenvalue weighted by molar-refractivity contribution is 4.91. The molecule has 1 N–H and O–H groups in total. The number of hydrogen-bond donors (Lipinski definition) is 1. The summed E-state index contributed by atoms with van der Waals surface area (Å²) in [6.07, 6.45) is 8.83. The fourth-order valence-electron chi connectivity index (χ4n) is 3.26. The number of nitrogens with zero attached hydrogens (tertiary/aromatic N) is 1. The first-order chi connectivity index (χ1) is 8.42. The van der Waals surface area contributed by atoms with Crippen molar-refractivity contribution in [3.8, 4) is 0 Å². The molecule has 17 heavy (non-hydrogen) atoms. The summed E-state index contributed by atoms with van der Waals surface area (Å²) in [6, 6.07) is 0.773. The Bertz CT molecular complexity index is 236. The van der Waals surface area contributed by atoms with Crippen molar-refractivity contribution in [3.05, 3.63) is 0 Å². The highest BCUT2D eigenvalue weighted by Gasteiger charge is 2.33. The summed E-state index contributed by atoms with van der Waals surface area (Å²) in [7, 11) is 0. The van der Waals surface area contributed by atoms with Crippen molar-refractivity contribution in [1.29, 1.82) is 0 Å². The van der Waals surface area contributed by atoms with Crippen molar-refractivity contribution in [2.24, 2.45) is 5.92 Å². The molecular formula is C14H26N2O. The molecule has 2 saturated carbocycles. The first-order valence-corrected chi connectivity index (χ1v) is 7.49. The van der Waals surface area contributed by atoms with E-state index in [1.165, 1.54) is 58.2 Å². The van der Waals surface area contributed by atoms with Crippen LogP contribution in [-0.2, 0) is 4.74 Å². The van der Waals surface area contributed by atoms with Crippen LogP contribution in [0.25, 0.3) is 0 Å². The Hall–Kier alpha value is -0.120. The van der Waals surface area contributed by atoms with Gasteiger partial charge < -0.3 is 10.1 Å². The van der Waals surface area contributed by atoms with Crippen LogP contribution in [0.1, 0.15) is 38.5 Å². The van der Waals surface area contributed by atoms with Gasteiger partial charge in [-0.3, -0.25) is 4.90 Å². The summed E-state index contributed by atoms with van der Waals surface area (Å²) in [5.74, 6) is 0.980. The van der Waals surface area contributed by atoms with Crippen LogP contribution in [0.4, 0.5) is 0 Å². The molecule has 3 fully saturated rings. The van der Waals surface area contributed by atoms with E-state index >= 15 is 0 Å². The normalized spacial score (nSPS) is 32.1. The van der Waals surface area contributed by atoms with Gasteiger partial charge in [-0.25, -0.2) is 0 Å². The van der Waals surface area contributed by atoms with E-state index in [0.717, 1.165) is 25.1 Å². The largest absolute Gasteiger partial charge is 0.377 e. The number of hydrogen-bond acceptors (Lipinski definition) is 3. The summed E-state index contributed by atoms with van der Waals surface area (Å²) < 4.78 is 5.95. The maximum atomic E-state index is 5.95. The van der Waals surface area contributed by atoms with Crippen LogP contribution >= 0.6 is 0 Å². The summed E-state index contributed by atoms with van der Waals surface area (Å²) in [5, 5.41) is 3.66. The Kier molecular flexibility index (Phi) is 3.99. The molecule has 3 heteroatoms. The molecule has 0 spiro atoms. The van der Waals surface area contributed by atoms with Crippen LogP contribution in [0, 0.1) is 5.92 Å². The summed E-state index contributed by atoms with van der Waals surface area (Å²) >= 11 is 0. The maximum absolute atomic E-state index is 5.95. The van der Waals surface area contributed by atoms with Crippen molar-refractivity contribution in [3.63, 3.8) is 0 Å². The van der Waals surface area contributed by atoms with Gasteiger partial charge in [0.2, 0.25) is 0 Å². The lowest BCUT2D eigenvalue weighted by molar-refractivity contribution is 0.0360. The molecule has 2 aliphatic carbocycles. The molecule has 1 unspecified atom stereocenters. The van der Waals surface area contributed by atoms with Crippen molar-refractivity contribution in [2.45, 2.75) is 50.7 Å². The van der Waals surface area contributed by atoms with Gasteiger partial charge in [0.25, 0.3) is 0 Å². The zero-order valence-corrected chi connectivity index (χ0v) is 10.9. The van der Waals surface area contributed by atoms with E-state index < -0.39 is 0 Å². The van der Waals surface area contributed by atoms with Gasteiger partial charge in [-0.2, -0.15) is 0 Å². The van der Waals surface area contributed by atoms with Crippen LogP contribution in [0.2, 0.25) is 0 Å². The highest BCUT2D eigenvalue weighted by atomic mass is 16.5. The van der Waals surface area contributed by atoms with E-state index in [1.807, 2.05) is 0 Å². The Morgan fingerprint density at radius 1 is 1.12 bits per heavy atom. The molecular weight excluding hydrogens is 212 g/mol. The molecule has 0 amide bonds. The minimum Gasteiger partial charge on any atom is -0.377 e.